The Kier molecular flexibility index (Phi) is 6.31. The SMILES string of the molecule is COc1ccc(NC(=O)NCCOc2cccc(C)c2)cc1OC. The lowest BCUT2D eigenvalue weighted by molar-refractivity contribution is 0.247. The Morgan fingerprint density at radius 2 is 1.83 bits per heavy atom. The Labute approximate surface area is 141 Å². The van der Waals surface area contributed by atoms with Crippen LogP contribution in [0.15, 0.2) is 42.5 Å². The topological polar surface area (TPSA) is 68.8 Å². The zero-order chi connectivity index (χ0) is 17.4. The second-order valence-electron chi connectivity index (χ2n) is 5.12. The first-order valence-electron chi connectivity index (χ1n) is 7.58. The molecule has 0 fully saturated rings. The van der Waals surface area contributed by atoms with Crippen LogP contribution in [-0.4, -0.2) is 33.4 Å². The van der Waals surface area contributed by atoms with E-state index in [2.05, 4.69) is 10.6 Å². The number of aryl methyl sites for hydroxylation is 1. The molecule has 0 atom stereocenters. The van der Waals surface area contributed by atoms with E-state index in [0.717, 1.165) is 11.3 Å². The molecule has 0 heterocycles. The van der Waals surface area contributed by atoms with Crippen molar-refractivity contribution in [3.63, 3.8) is 0 Å². The van der Waals surface area contributed by atoms with Crippen molar-refractivity contribution in [3.8, 4) is 17.2 Å². The number of hydrogen-bond acceptors (Lipinski definition) is 4. The fourth-order valence-corrected chi connectivity index (χ4v) is 2.13. The summed E-state index contributed by atoms with van der Waals surface area (Å²) in [5, 5.41) is 5.47. The molecule has 0 aliphatic heterocycles. The van der Waals surface area contributed by atoms with Crippen LogP contribution in [0, 0.1) is 6.92 Å². The molecule has 0 radical (unpaired) electrons. The summed E-state index contributed by atoms with van der Waals surface area (Å²) in [6.07, 6.45) is 0. The van der Waals surface area contributed by atoms with E-state index >= 15 is 0 Å². The summed E-state index contributed by atoms with van der Waals surface area (Å²) < 4.78 is 15.9. The first-order chi connectivity index (χ1) is 11.6. The van der Waals surface area contributed by atoms with E-state index in [9.17, 15) is 4.79 Å². The molecule has 0 saturated heterocycles. The molecule has 2 amide bonds. The average Bonchev–Trinajstić information content (AvgIpc) is 2.58. The molecule has 2 rings (SSSR count). The summed E-state index contributed by atoms with van der Waals surface area (Å²) in [5.41, 5.74) is 1.75. The van der Waals surface area contributed by atoms with Gasteiger partial charge >= 0.3 is 6.03 Å². The van der Waals surface area contributed by atoms with Crippen molar-refractivity contribution < 1.29 is 19.0 Å². The van der Waals surface area contributed by atoms with Gasteiger partial charge in [-0.25, -0.2) is 4.79 Å². The Morgan fingerprint density at radius 3 is 2.54 bits per heavy atom. The number of benzene rings is 2. The van der Waals surface area contributed by atoms with Gasteiger partial charge in [0.25, 0.3) is 0 Å². The van der Waals surface area contributed by atoms with Gasteiger partial charge in [-0.2, -0.15) is 0 Å². The minimum atomic E-state index is -0.310. The first kappa shape index (κ1) is 17.5. The molecule has 128 valence electrons. The zero-order valence-corrected chi connectivity index (χ0v) is 14.1. The van der Waals surface area contributed by atoms with Crippen LogP contribution in [0.5, 0.6) is 17.2 Å². The molecule has 0 saturated carbocycles. The van der Waals surface area contributed by atoms with Crippen LogP contribution in [-0.2, 0) is 0 Å². The quantitative estimate of drug-likeness (QED) is 0.765. The maximum Gasteiger partial charge on any atom is 0.319 e. The van der Waals surface area contributed by atoms with Gasteiger partial charge in [-0.3, -0.25) is 0 Å². The van der Waals surface area contributed by atoms with Crippen LogP contribution in [0.25, 0.3) is 0 Å². The summed E-state index contributed by atoms with van der Waals surface area (Å²) in [4.78, 5) is 11.9. The summed E-state index contributed by atoms with van der Waals surface area (Å²) in [5.74, 6) is 1.95. The molecule has 6 heteroatoms. The van der Waals surface area contributed by atoms with Crippen molar-refractivity contribution in [2.24, 2.45) is 0 Å². The van der Waals surface area contributed by atoms with Gasteiger partial charge in [0, 0.05) is 11.8 Å². The maximum absolute atomic E-state index is 11.9. The van der Waals surface area contributed by atoms with Gasteiger partial charge in [-0.15, -0.1) is 0 Å². The van der Waals surface area contributed by atoms with Crippen LogP contribution in [0.1, 0.15) is 5.56 Å². The average molecular weight is 330 g/mol. The van der Waals surface area contributed by atoms with Crippen molar-refractivity contribution in [3.05, 3.63) is 48.0 Å². The molecular weight excluding hydrogens is 308 g/mol. The zero-order valence-electron chi connectivity index (χ0n) is 14.1. The van der Waals surface area contributed by atoms with E-state index in [1.54, 1.807) is 32.4 Å². The van der Waals surface area contributed by atoms with E-state index in [4.69, 9.17) is 14.2 Å². The van der Waals surface area contributed by atoms with Gasteiger partial charge in [-0.05, 0) is 36.8 Å². The number of nitrogens with one attached hydrogen (secondary N) is 2. The van der Waals surface area contributed by atoms with E-state index in [1.165, 1.54) is 0 Å². The van der Waals surface area contributed by atoms with Crippen molar-refractivity contribution in [2.45, 2.75) is 6.92 Å². The number of anilines is 1. The summed E-state index contributed by atoms with van der Waals surface area (Å²) >= 11 is 0. The number of amides is 2. The molecule has 0 bridgehead atoms. The van der Waals surface area contributed by atoms with E-state index in [1.807, 2.05) is 31.2 Å². The molecule has 2 aromatic carbocycles. The summed E-state index contributed by atoms with van der Waals surface area (Å²) in [6, 6.07) is 12.6. The van der Waals surface area contributed by atoms with Crippen LogP contribution >= 0.6 is 0 Å². The fraction of sp³-hybridized carbons (Fsp3) is 0.278. The van der Waals surface area contributed by atoms with E-state index < -0.39 is 0 Å². The van der Waals surface area contributed by atoms with E-state index in [0.29, 0.717) is 30.3 Å². The number of rotatable bonds is 7. The van der Waals surface area contributed by atoms with Gasteiger partial charge in [0.1, 0.15) is 12.4 Å². The van der Waals surface area contributed by atoms with Crippen molar-refractivity contribution in [1.29, 1.82) is 0 Å². The molecule has 0 aromatic heterocycles. The minimum absolute atomic E-state index is 0.310. The van der Waals surface area contributed by atoms with Gasteiger partial charge in [0.15, 0.2) is 11.5 Å². The Balaban J connectivity index is 1.77. The highest BCUT2D eigenvalue weighted by atomic mass is 16.5. The minimum Gasteiger partial charge on any atom is -0.493 e. The third kappa shape index (κ3) is 5.08. The van der Waals surface area contributed by atoms with Crippen LogP contribution in [0.3, 0.4) is 0 Å². The summed E-state index contributed by atoms with van der Waals surface area (Å²) in [6.45, 7) is 2.79. The normalized spacial score (nSPS) is 9.96. The molecular formula is C18H22N2O4. The second-order valence-corrected chi connectivity index (χ2v) is 5.12. The molecule has 0 spiro atoms. The Bertz CT molecular complexity index is 688. The van der Waals surface area contributed by atoms with Crippen LogP contribution in [0.2, 0.25) is 0 Å². The predicted octanol–water partition coefficient (Wildman–Crippen LogP) is 3.21. The van der Waals surface area contributed by atoms with Gasteiger partial charge in [-0.1, -0.05) is 12.1 Å². The Hall–Kier alpha value is -2.89. The van der Waals surface area contributed by atoms with Crippen molar-refractivity contribution in [2.75, 3.05) is 32.7 Å². The largest absolute Gasteiger partial charge is 0.493 e. The Morgan fingerprint density at radius 1 is 1.04 bits per heavy atom. The number of hydrogen-bond donors (Lipinski definition) is 2. The smallest absolute Gasteiger partial charge is 0.319 e. The standard InChI is InChI=1S/C18H22N2O4/c1-13-5-4-6-15(11-13)24-10-9-19-18(21)20-14-7-8-16(22-2)17(12-14)23-3/h4-8,11-12H,9-10H2,1-3H3,(H2,19,20,21). The van der Waals surface area contributed by atoms with Crippen molar-refractivity contribution >= 4 is 11.7 Å². The highest BCUT2D eigenvalue weighted by Gasteiger charge is 2.07. The number of ether oxygens (including phenoxy) is 3. The number of carbonyl (C=O) groups is 1. The van der Waals surface area contributed by atoms with Gasteiger partial charge in [0.05, 0.1) is 20.8 Å². The molecule has 24 heavy (non-hydrogen) atoms. The number of methoxy groups -OCH3 is 2. The lowest BCUT2D eigenvalue weighted by Crippen LogP contribution is -2.32. The molecule has 0 aliphatic rings. The monoisotopic (exact) mass is 330 g/mol. The number of urea groups is 1. The second kappa shape index (κ2) is 8.67. The molecule has 0 unspecified atom stereocenters. The third-order valence-corrected chi connectivity index (χ3v) is 3.29. The first-order valence-corrected chi connectivity index (χ1v) is 7.58. The van der Waals surface area contributed by atoms with Gasteiger partial charge in [0.2, 0.25) is 0 Å². The lowest BCUT2D eigenvalue weighted by atomic mass is 10.2. The lowest BCUT2D eigenvalue weighted by Gasteiger charge is -2.12. The summed E-state index contributed by atoms with van der Waals surface area (Å²) in [7, 11) is 3.11. The van der Waals surface area contributed by atoms with Crippen LogP contribution in [0.4, 0.5) is 10.5 Å². The highest BCUT2D eigenvalue weighted by Crippen LogP contribution is 2.29. The molecule has 2 N–H and O–H groups in total. The molecule has 6 nitrogen and oxygen atoms in total. The highest BCUT2D eigenvalue weighted by molar-refractivity contribution is 5.89. The molecule has 2 aromatic rings. The fourth-order valence-electron chi connectivity index (χ4n) is 2.13. The predicted molar refractivity (Wildman–Crippen MR) is 93.2 cm³/mol. The van der Waals surface area contributed by atoms with Gasteiger partial charge < -0.3 is 24.8 Å². The van der Waals surface area contributed by atoms with E-state index in [-0.39, 0.29) is 6.03 Å². The maximum atomic E-state index is 11.9. The number of carbonyl (C=O) groups excluding carboxylic acids is 1. The third-order valence-electron chi connectivity index (χ3n) is 3.29. The van der Waals surface area contributed by atoms with Crippen molar-refractivity contribution in [1.82, 2.24) is 5.32 Å². The van der Waals surface area contributed by atoms with Crippen LogP contribution < -0.4 is 24.8 Å². The molecule has 0 aliphatic carbocycles.